The third-order valence-electron chi connectivity index (χ3n) is 5.05. The van der Waals surface area contributed by atoms with Crippen LogP contribution in [0.4, 0.5) is 5.69 Å². The van der Waals surface area contributed by atoms with Crippen molar-refractivity contribution in [1.82, 2.24) is 5.43 Å². The van der Waals surface area contributed by atoms with E-state index in [0.717, 1.165) is 44.2 Å². The van der Waals surface area contributed by atoms with Crippen molar-refractivity contribution in [2.45, 2.75) is 44.9 Å². The monoisotopic (exact) mass is 377 g/mol. The Kier molecular flexibility index (Phi) is 7.36. The van der Waals surface area contributed by atoms with E-state index >= 15 is 0 Å². The van der Waals surface area contributed by atoms with Crippen LogP contribution in [0.3, 0.4) is 0 Å². The molecule has 28 heavy (non-hydrogen) atoms. The highest BCUT2D eigenvalue weighted by Gasteiger charge is 2.21. The number of carbonyl (C=O) groups excluding carboxylic acids is 2. The van der Waals surface area contributed by atoms with E-state index in [2.05, 4.69) is 28.0 Å². The fraction of sp³-hybridized carbons (Fsp3) is 0.348. The van der Waals surface area contributed by atoms with Gasteiger partial charge in [-0.25, -0.2) is 5.43 Å². The Morgan fingerprint density at radius 1 is 0.964 bits per heavy atom. The summed E-state index contributed by atoms with van der Waals surface area (Å²) in [5.41, 5.74) is 5.01. The molecule has 0 heterocycles. The topological polar surface area (TPSA) is 70.6 Å². The number of benzene rings is 2. The van der Waals surface area contributed by atoms with E-state index in [-0.39, 0.29) is 17.7 Å². The Hall–Kier alpha value is -2.95. The van der Waals surface area contributed by atoms with E-state index < -0.39 is 0 Å². The summed E-state index contributed by atoms with van der Waals surface area (Å²) in [5.74, 6) is -0.0667. The van der Waals surface area contributed by atoms with E-state index in [1.807, 2.05) is 18.2 Å². The zero-order valence-corrected chi connectivity index (χ0v) is 16.1. The Balaban J connectivity index is 1.42. The molecule has 0 bridgehead atoms. The third-order valence-corrected chi connectivity index (χ3v) is 5.05. The molecule has 3 rings (SSSR count). The molecule has 5 heteroatoms. The molecule has 2 amide bonds. The van der Waals surface area contributed by atoms with Gasteiger partial charge in [0.25, 0.3) is 5.91 Å². The average Bonchev–Trinajstić information content (AvgIpc) is 2.75. The maximum absolute atomic E-state index is 12.3. The molecule has 0 atom stereocenters. The second-order valence-electron chi connectivity index (χ2n) is 7.18. The minimum atomic E-state index is -0.263. The molecule has 1 saturated carbocycles. The molecule has 2 aromatic carbocycles. The number of aryl methyl sites for hydroxylation is 1. The van der Waals surface area contributed by atoms with Crippen molar-refractivity contribution < 1.29 is 9.59 Å². The van der Waals surface area contributed by atoms with E-state index in [0.29, 0.717) is 5.56 Å². The summed E-state index contributed by atoms with van der Waals surface area (Å²) in [6.45, 7) is 0. The molecule has 1 aliphatic rings. The molecule has 0 radical (unpaired) electrons. The summed E-state index contributed by atoms with van der Waals surface area (Å²) in [6, 6.07) is 17.1. The second kappa shape index (κ2) is 10.4. The van der Waals surface area contributed by atoms with E-state index in [1.165, 1.54) is 12.0 Å². The number of rotatable bonds is 7. The Morgan fingerprint density at radius 2 is 1.68 bits per heavy atom. The van der Waals surface area contributed by atoms with Gasteiger partial charge in [-0.05, 0) is 55.5 Å². The molecule has 2 aromatic rings. The SMILES string of the molecule is O=C(NN=CCCc1ccccc1)c1ccc(NC(=O)C2CCCCC2)cc1. The predicted octanol–water partition coefficient (Wildman–Crippen LogP) is 4.55. The van der Waals surface area contributed by atoms with Crippen molar-refractivity contribution in [3.63, 3.8) is 0 Å². The third kappa shape index (κ3) is 6.05. The van der Waals surface area contributed by atoms with Crippen LogP contribution >= 0.6 is 0 Å². The van der Waals surface area contributed by atoms with Crippen LogP contribution in [0.1, 0.15) is 54.4 Å². The molecule has 146 valence electrons. The minimum Gasteiger partial charge on any atom is -0.326 e. The Labute approximate surface area is 166 Å². The number of hydrogen-bond donors (Lipinski definition) is 2. The lowest BCUT2D eigenvalue weighted by Gasteiger charge is -2.20. The van der Waals surface area contributed by atoms with E-state index in [9.17, 15) is 9.59 Å². The predicted molar refractivity (Wildman–Crippen MR) is 112 cm³/mol. The lowest BCUT2D eigenvalue weighted by atomic mass is 9.88. The molecular weight excluding hydrogens is 350 g/mol. The van der Waals surface area contributed by atoms with Crippen LogP contribution in [0.15, 0.2) is 59.7 Å². The van der Waals surface area contributed by atoms with Gasteiger partial charge in [-0.15, -0.1) is 0 Å². The zero-order chi connectivity index (χ0) is 19.6. The van der Waals surface area contributed by atoms with Crippen LogP contribution in [-0.4, -0.2) is 18.0 Å². The molecule has 0 aliphatic heterocycles. The highest BCUT2D eigenvalue weighted by atomic mass is 16.2. The molecule has 1 fully saturated rings. The first-order chi connectivity index (χ1) is 13.7. The number of hydrazone groups is 1. The van der Waals surface area contributed by atoms with Gasteiger partial charge in [0.2, 0.25) is 5.91 Å². The highest BCUT2D eigenvalue weighted by Crippen LogP contribution is 2.25. The van der Waals surface area contributed by atoms with E-state index in [4.69, 9.17) is 0 Å². The molecule has 0 aromatic heterocycles. The summed E-state index contributed by atoms with van der Waals surface area (Å²) in [7, 11) is 0. The Morgan fingerprint density at radius 3 is 2.39 bits per heavy atom. The van der Waals surface area contributed by atoms with Gasteiger partial charge in [0.05, 0.1) is 0 Å². The smallest absolute Gasteiger partial charge is 0.271 e. The number of nitrogens with one attached hydrogen (secondary N) is 2. The lowest BCUT2D eigenvalue weighted by Crippen LogP contribution is -2.24. The lowest BCUT2D eigenvalue weighted by molar-refractivity contribution is -0.120. The Bertz CT molecular complexity index is 794. The quantitative estimate of drug-likeness (QED) is 0.549. The first-order valence-electron chi connectivity index (χ1n) is 9.99. The van der Waals surface area contributed by atoms with E-state index in [1.54, 1.807) is 30.5 Å². The largest absolute Gasteiger partial charge is 0.326 e. The fourth-order valence-electron chi connectivity index (χ4n) is 3.42. The van der Waals surface area contributed by atoms with Crippen LogP contribution < -0.4 is 10.7 Å². The number of nitrogens with zero attached hydrogens (tertiary/aromatic N) is 1. The van der Waals surface area contributed by atoms with Crippen LogP contribution in [0.2, 0.25) is 0 Å². The van der Waals surface area contributed by atoms with Crippen molar-refractivity contribution in [3.05, 3.63) is 65.7 Å². The normalized spacial score (nSPS) is 14.7. The summed E-state index contributed by atoms with van der Waals surface area (Å²) in [5, 5.41) is 6.95. The molecular formula is C23H27N3O2. The molecule has 5 nitrogen and oxygen atoms in total. The zero-order valence-electron chi connectivity index (χ0n) is 16.1. The molecule has 0 unspecified atom stereocenters. The summed E-state index contributed by atoms with van der Waals surface area (Å²) < 4.78 is 0. The molecule has 1 aliphatic carbocycles. The van der Waals surface area contributed by atoms with Gasteiger partial charge in [0.1, 0.15) is 0 Å². The van der Waals surface area contributed by atoms with Gasteiger partial charge >= 0.3 is 0 Å². The van der Waals surface area contributed by atoms with Gasteiger partial charge in [0.15, 0.2) is 0 Å². The van der Waals surface area contributed by atoms with Crippen LogP contribution in [0, 0.1) is 5.92 Å². The van der Waals surface area contributed by atoms with Gasteiger partial charge in [-0.1, -0.05) is 49.6 Å². The number of hydrogen-bond acceptors (Lipinski definition) is 3. The standard InChI is InChI=1S/C23H27N3O2/c27-22(19-11-5-2-6-12-19)25-21-15-13-20(14-16-21)23(28)26-24-17-7-10-18-8-3-1-4-9-18/h1,3-4,8-9,13-17,19H,2,5-7,10-12H2,(H,25,27)(H,26,28). The summed E-state index contributed by atoms with van der Waals surface area (Å²) >= 11 is 0. The maximum atomic E-state index is 12.3. The van der Waals surface area contributed by atoms with Crippen LogP contribution in [-0.2, 0) is 11.2 Å². The first-order valence-corrected chi connectivity index (χ1v) is 9.99. The number of amides is 2. The van der Waals surface area contributed by atoms with Crippen molar-refractivity contribution in [3.8, 4) is 0 Å². The minimum absolute atomic E-state index is 0.0833. The van der Waals surface area contributed by atoms with Crippen molar-refractivity contribution >= 4 is 23.7 Å². The highest BCUT2D eigenvalue weighted by molar-refractivity contribution is 5.96. The van der Waals surface area contributed by atoms with Crippen molar-refractivity contribution in [1.29, 1.82) is 0 Å². The average molecular weight is 377 g/mol. The first kappa shape index (κ1) is 19.8. The molecule has 2 N–H and O–H groups in total. The van der Waals surface area contributed by atoms with Gasteiger partial charge in [-0.3, -0.25) is 9.59 Å². The fourth-order valence-corrected chi connectivity index (χ4v) is 3.42. The number of anilines is 1. The van der Waals surface area contributed by atoms with Crippen molar-refractivity contribution in [2.75, 3.05) is 5.32 Å². The van der Waals surface area contributed by atoms with Crippen LogP contribution in [0.5, 0.6) is 0 Å². The van der Waals surface area contributed by atoms with Crippen LogP contribution in [0.25, 0.3) is 0 Å². The summed E-state index contributed by atoms with van der Waals surface area (Å²) in [4.78, 5) is 24.4. The number of carbonyl (C=O) groups is 2. The van der Waals surface area contributed by atoms with Crippen molar-refractivity contribution in [2.24, 2.45) is 11.0 Å². The second-order valence-corrected chi connectivity index (χ2v) is 7.18. The van der Waals surface area contributed by atoms with Gasteiger partial charge in [0, 0.05) is 23.4 Å². The van der Waals surface area contributed by atoms with Gasteiger partial charge in [-0.2, -0.15) is 5.10 Å². The van der Waals surface area contributed by atoms with Gasteiger partial charge < -0.3 is 5.32 Å². The maximum Gasteiger partial charge on any atom is 0.271 e. The summed E-state index contributed by atoms with van der Waals surface area (Å²) in [6.07, 6.45) is 8.77. The molecule has 0 saturated heterocycles. The molecule has 0 spiro atoms.